The number of rotatable bonds is 4. The highest BCUT2D eigenvalue weighted by atomic mass is 79.9. The quantitative estimate of drug-likeness (QED) is 0.866. The lowest BCUT2D eigenvalue weighted by Gasteiger charge is -2.33. The van der Waals surface area contributed by atoms with Crippen molar-refractivity contribution in [1.82, 2.24) is 10.2 Å². The summed E-state index contributed by atoms with van der Waals surface area (Å²) in [7, 11) is 0. The van der Waals surface area contributed by atoms with E-state index in [1.165, 1.54) is 12.8 Å². The first-order valence-corrected chi connectivity index (χ1v) is 8.63. The smallest absolute Gasteiger partial charge is 0.254 e. The normalized spacial score (nSPS) is 18.8. The van der Waals surface area contributed by atoms with Crippen molar-refractivity contribution in [2.45, 2.75) is 32.7 Å². The highest BCUT2D eigenvalue weighted by molar-refractivity contribution is 9.10. The van der Waals surface area contributed by atoms with Crippen molar-refractivity contribution in [2.24, 2.45) is 5.92 Å². The van der Waals surface area contributed by atoms with Gasteiger partial charge in [0.2, 0.25) is 0 Å². The van der Waals surface area contributed by atoms with Gasteiger partial charge in [-0.25, -0.2) is 0 Å². The maximum Gasteiger partial charge on any atom is 0.254 e. The molecule has 2 rings (SSSR count). The number of piperidine rings is 1. The molecule has 1 heterocycles. The summed E-state index contributed by atoms with van der Waals surface area (Å²) >= 11 is 9.47. The monoisotopic (exact) mass is 372 g/mol. The molecular weight excluding hydrogens is 352 g/mol. The number of benzene rings is 1. The van der Waals surface area contributed by atoms with Gasteiger partial charge in [-0.05, 0) is 79.8 Å². The Morgan fingerprint density at radius 2 is 2.29 bits per heavy atom. The van der Waals surface area contributed by atoms with Gasteiger partial charge in [-0.2, -0.15) is 0 Å². The van der Waals surface area contributed by atoms with Gasteiger partial charge >= 0.3 is 0 Å². The molecule has 1 atom stereocenters. The van der Waals surface area contributed by atoms with Crippen molar-refractivity contribution in [3.63, 3.8) is 0 Å². The van der Waals surface area contributed by atoms with E-state index in [2.05, 4.69) is 35.1 Å². The minimum absolute atomic E-state index is 0.0602. The van der Waals surface area contributed by atoms with Crippen LogP contribution in [0.15, 0.2) is 22.7 Å². The largest absolute Gasteiger partial charge is 0.336 e. The third kappa shape index (κ3) is 4.44. The van der Waals surface area contributed by atoms with Crippen molar-refractivity contribution >= 4 is 33.4 Å². The van der Waals surface area contributed by atoms with Crippen molar-refractivity contribution in [2.75, 3.05) is 19.6 Å². The summed E-state index contributed by atoms with van der Waals surface area (Å²) in [6, 6.07) is 5.58. The van der Waals surface area contributed by atoms with Gasteiger partial charge in [-0.3, -0.25) is 4.79 Å². The van der Waals surface area contributed by atoms with Crippen molar-refractivity contribution < 1.29 is 4.79 Å². The molecule has 0 aromatic heterocycles. The van der Waals surface area contributed by atoms with Gasteiger partial charge in [0.15, 0.2) is 0 Å². The van der Waals surface area contributed by atoms with E-state index >= 15 is 0 Å². The summed E-state index contributed by atoms with van der Waals surface area (Å²) in [4.78, 5) is 14.7. The van der Waals surface area contributed by atoms with Crippen molar-refractivity contribution in [1.29, 1.82) is 0 Å². The Morgan fingerprint density at radius 1 is 1.52 bits per heavy atom. The molecule has 1 aromatic carbocycles. The molecule has 0 radical (unpaired) electrons. The lowest BCUT2D eigenvalue weighted by molar-refractivity contribution is 0.0661. The maximum absolute atomic E-state index is 12.8. The molecule has 3 nitrogen and oxygen atoms in total. The van der Waals surface area contributed by atoms with Crippen LogP contribution >= 0.6 is 27.5 Å². The fraction of sp³-hybridized carbons (Fsp3) is 0.562. The van der Waals surface area contributed by atoms with Crippen LogP contribution in [-0.2, 0) is 0 Å². The average molecular weight is 374 g/mol. The van der Waals surface area contributed by atoms with Gasteiger partial charge < -0.3 is 10.2 Å². The van der Waals surface area contributed by atoms with Crippen LogP contribution in [0, 0.1) is 5.92 Å². The molecular formula is C16H22BrClN2O. The Hall–Kier alpha value is -0.580. The summed E-state index contributed by atoms with van der Waals surface area (Å²) in [5, 5.41) is 3.98. The molecule has 21 heavy (non-hydrogen) atoms. The van der Waals surface area contributed by atoms with Crippen LogP contribution in [0.25, 0.3) is 0 Å². The first-order valence-electron chi connectivity index (χ1n) is 7.45. The SMILES string of the molecule is CC(C)N(CC1CCCNC1)C(=O)c1ccc(Br)c(Cl)c1. The molecule has 0 saturated carbocycles. The Morgan fingerprint density at radius 3 is 2.86 bits per heavy atom. The third-order valence-corrected chi connectivity index (χ3v) is 5.14. The lowest BCUT2D eigenvalue weighted by atomic mass is 9.98. The standard InChI is InChI=1S/C16H22BrClN2O/c1-11(2)20(10-12-4-3-7-19-9-12)16(21)13-5-6-14(17)15(18)8-13/h5-6,8,11-12,19H,3-4,7,9-10H2,1-2H3. The summed E-state index contributed by atoms with van der Waals surface area (Å²) in [5.41, 5.74) is 0.653. The van der Waals surface area contributed by atoms with Crippen LogP contribution in [0.2, 0.25) is 5.02 Å². The van der Waals surface area contributed by atoms with E-state index in [1.807, 2.05) is 17.0 Å². The van der Waals surface area contributed by atoms with E-state index in [9.17, 15) is 4.79 Å². The van der Waals surface area contributed by atoms with Crippen molar-refractivity contribution in [3.8, 4) is 0 Å². The number of hydrogen-bond acceptors (Lipinski definition) is 2. The summed E-state index contributed by atoms with van der Waals surface area (Å²) < 4.78 is 0.813. The Bertz CT molecular complexity index is 501. The predicted octanol–water partition coefficient (Wildman–Crippen LogP) is 3.95. The lowest BCUT2D eigenvalue weighted by Crippen LogP contribution is -2.44. The van der Waals surface area contributed by atoms with Crippen LogP contribution in [0.1, 0.15) is 37.0 Å². The molecule has 0 spiro atoms. The molecule has 1 aliphatic heterocycles. The van der Waals surface area contributed by atoms with Crippen LogP contribution in [0.5, 0.6) is 0 Å². The van der Waals surface area contributed by atoms with Crippen LogP contribution in [0.4, 0.5) is 0 Å². The van der Waals surface area contributed by atoms with Gasteiger partial charge in [0.05, 0.1) is 5.02 Å². The Kier molecular flexibility index (Phi) is 6.08. The molecule has 1 aromatic rings. The molecule has 1 fully saturated rings. The van der Waals surface area contributed by atoms with Gasteiger partial charge in [-0.15, -0.1) is 0 Å². The van der Waals surface area contributed by atoms with E-state index in [-0.39, 0.29) is 11.9 Å². The summed E-state index contributed by atoms with van der Waals surface area (Å²) in [5.74, 6) is 0.598. The second-order valence-electron chi connectivity index (χ2n) is 5.89. The van der Waals surface area contributed by atoms with E-state index in [0.717, 1.165) is 24.1 Å². The molecule has 116 valence electrons. The number of hydrogen-bond donors (Lipinski definition) is 1. The van der Waals surface area contributed by atoms with Crippen LogP contribution < -0.4 is 5.32 Å². The topological polar surface area (TPSA) is 32.3 Å². The first kappa shape index (κ1) is 16.8. The zero-order valence-corrected chi connectivity index (χ0v) is 14.9. The Labute approximate surface area is 140 Å². The zero-order valence-electron chi connectivity index (χ0n) is 12.5. The highest BCUT2D eigenvalue weighted by Gasteiger charge is 2.24. The third-order valence-electron chi connectivity index (χ3n) is 3.90. The minimum atomic E-state index is 0.0602. The van der Waals surface area contributed by atoms with Crippen molar-refractivity contribution in [3.05, 3.63) is 33.3 Å². The molecule has 1 unspecified atom stereocenters. The number of nitrogens with one attached hydrogen (secondary N) is 1. The van der Waals surface area contributed by atoms with E-state index in [4.69, 9.17) is 11.6 Å². The first-order chi connectivity index (χ1) is 9.99. The highest BCUT2D eigenvalue weighted by Crippen LogP contribution is 2.24. The molecule has 0 aliphatic carbocycles. The molecule has 1 saturated heterocycles. The van der Waals surface area contributed by atoms with Crippen LogP contribution in [0.3, 0.4) is 0 Å². The number of halogens is 2. The summed E-state index contributed by atoms with van der Waals surface area (Å²) in [6.07, 6.45) is 2.37. The van der Waals surface area contributed by atoms with Gasteiger partial charge in [0, 0.05) is 22.6 Å². The number of amides is 1. The van der Waals surface area contributed by atoms with Gasteiger partial charge in [0.1, 0.15) is 0 Å². The predicted molar refractivity (Wildman–Crippen MR) is 90.9 cm³/mol. The molecule has 1 amide bonds. The second kappa shape index (κ2) is 7.61. The second-order valence-corrected chi connectivity index (χ2v) is 7.15. The number of carbonyl (C=O) groups is 1. The fourth-order valence-corrected chi connectivity index (χ4v) is 3.11. The number of nitrogens with zero attached hydrogens (tertiary/aromatic N) is 1. The van der Waals surface area contributed by atoms with Crippen LogP contribution in [-0.4, -0.2) is 36.5 Å². The minimum Gasteiger partial charge on any atom is -0.336 e. The number of carbonyl (C=O) groups excluding carboxylic acids is 1. The molecule has 5 heteroatoms. The molecule has 1 N–H and O–H groups in total. The average Bonchev–Trinajstić information content (AvgIpc) is 2.47. The van der Waals surface area contributed by atoms with E-state index in [0.29, 0.717) is 16.5 Å². The maximum atomic E-state index is 12.8. The van der Waals surface area contributed by atoms with E-state index in [1.54, 1.807) is 6.07 Å². The van der Waals surface area contributed by atoms with Gasteiger partial charge in [0.25, 0.3) is 5.91 Å². The molecule has 1 aliphatic rings. The Balaban J connectivity index is 2.12. The van der Waals surface area contributed by atoms with E-state index < -0.39 is 0 Å². The van der Waals surface area contributed by atoms with Gasteiger partial charge in [-0.1, -0.05) is 11.6 Å². The molecule has 0 bridgehead atoms. The zero-order chi connectivity index (χ0) is 15.4. The fourth-order valence-electron chi connectivity index (χ4n) is 2.68. The summed E-state index contributed by atoms with van der Waals surface area (Å²) in [6.45, 7) is 7.02.